The first-order valence-electron chi connectivity index (χ1n) is 8.93. The fraction of sp³-hybridized carbons (Fsp3) is 0.450. The van der Waals surface area contributed by atoms with Crippen LogP contribution in [0.1, 0.15) is 17.5 Å². The molecule has 1 aliphatic rings. The number of aromatic nitrogens is 1. The molecule has 0 radical (unpaired) electrons. The summed E-state index contributed by atoms with van der Waals surface area (Å²) in [5.41, 5.74) is 1.87. The van der Waals surface area contributed by atoms with E-state index < -0.39 is 0 Å². The van der Waals surface area contributed by atoms with Crippen molar-refractivity contribution in [1.29, 1.82) is 0 Å². The van der Waals surface area contributed by atoms with Crippen LogP contribution < -0.4 is 9.47 Å². The van der Waals surface area contributed by atoms with Crippen LogP contribution in [0.25, 0.3) is 0 Å². The van der Waals surface area contributed by atoms with Gasteiger partial charge in [-0.2, -0.15) is 0 Å². The number of halogens is 1. The van der Waals surface area contributed by atoms with E-state index in [9.17, 15) is 4.39 Å². The van der Waals surface area contributed by atoms with Crippen molar-refractivity contribution in [3.8, 4) is 11.5 Å². The van der Waals surface area contributed by atoms with Gasteiger partial charge in [-0.1, -0.05) is 6.07 Å². The van der Waals surface area contributed by atoms with Gasteiger partial charge >= 0.3 is 0 Å². The number of nitrogens with zero attached hydrogens (tertiary/aromatic N) is 3. The molecular weight excluding hydrogens is 333 g/mol. The van der Waals surface area contributed by atoms with Gasteiger partial charge in [0.15, 0.2) is 11.5 Å². The number of rotatable bonds is 6. The third-order valence-corrected chi connectivity index (χ3v) is 4.76. The Kier molecular flexibility index (Phi) is 6.41. The molecule has 0 atom stereocenters. The Morgan fingerprint density at radius 1 is 1.00 bits per heavy atom. The molecule has 1 aromatic heterocycles. The summed E-state index contributed by atoms with van der Waals surface area (Å²) in [4.78, 5) is 8.92. The van der Waals surface area contributed by atoms with E-state index in [0.29, 0.717) is 23.6 Å². The van der Waals surface area contributed by atoms with Crippen LogP contribution in [0.3, 0.4) is 0 Å². The Labute approximate surface area is 154 Å². The predicted octanol–water partition coefficient (Wildman–Crippen LogP) is 2.95. The smallest absolute Gasteiger partial charge is 0.163 e. The Bertz CT molecular complexity index is 712. The van der Waals surface area contributed by atoms with Crippen molar-refractivity contribution < 1.29 is 13.9 Å². The van der Waals surface area contributed by atoms with E-state index in [-0.39, 0.29) is 5.82 Å². The van der Waals surface area contributed by atoms with E-state index >= 15 is 0 Å². The van der Waals surface area contributed by atoms with Gasteiger partial charge in [-0.3, -0.25) is 14.8 Å². The minimum atomic E-state index is -0.251. The Hall–Kier alpha value is -2.18. The maximum Gasteiger partial charge on any atom is 0.163 e. The topological polar surface area (TPSA) is 37.8 Å². The van der Waals surface area contributed by atoms with Gasteiger partial charge in [-0.15, -0.1) is 0 Å². The molecule has 0 unspecified atom stereocenters. The summed E-state index contributed by atoms with van der Waals surface area (Å²) < 4.78 is 24.9. The van der Waals surface area contributed by atoms with Crippen molar-refractivity contribution in [1.82, 2.24) is 14.8 Å². The lowest BCUT2D eigenvalue weighted by Gasteiger charge is -2.22. The highest BCUT2D eigenvalue weighted by Crippen LogP contribution is 2.30. The molecule has 1 aromatic carbocycles. The number of benzene rings is 1. The standard InChI is InChI=1S/C20H26FN3O2/c1-25-19-11-17(18(21)12-20(19)26-2)15-24-8-4-7-23(9-10-24)14-16-5-3-6-22-13-16/h3,5-6,11-13H,4,7-10,14-15H2,1-2H3. The van der Waals surface area contributed by atoms with E-state index in [0.717, 1.165) is 39.1 Å². The fourth-order valence-electron chi connectivity index (χ4n) is 3.35. The molecular formula is C20H26FN3O2. The van der Waals surface area contributed by atoms with Crippen LogP contribution in [0.5, 0.6) is 11.5 Å². The summed E-state index contributed by atoms with van der Waals surface area (Å²) in [6.45, 7) is 5.36. The average molecular weight is 359 g/mol. The van der Waals surface area contributed by atoms with Crippen LogP contribution in [0.2, 0.25) is 0 Å². The second-order valence-electron chi connectivity index (χ2n) is 6.57. The fourth-order valence-corrected chi connectivity index (χ4v) is 3.35. The Morgan fingerprint density at radius 3 is 2.35 bits per heavy atom. The Balaban J connectivity index is 1.61. The number of ether oxygens (including phenoxy) is 2. The van der Waals surface area contributed by atoms with Gasteiger partial charge in [-0.25, -0.2) is 4.39 Å². The van der Waals surface area contributed by atoms with Crippen LogP contribution in [0.4, 0.5) is 4.39 Å². The van der Waals surface area contributed by atoms with Gasteiger partial charge in [-0.05, 0) is 37.2 Å². The first-order valence-corrected chi connectivity index (χ1v) is 8.93. The summed E-state index contributed by atoms with van der Waals surface area (Å²) in [5, 5.41) is 0. The molecule has 6 heteroatoms. The molecule has 0 bridgehead atoms. The quantitative estimate of drug-likeness (QED) is 0.793. The highest BCUT2D eigenvalue weighted by Gasteiger charge is 2.18. The van der Waals surface area contributed by atoms with Crippen molar-refractivity contribution in [2.24, 2.45) is 0 Å². The number of hydrogen-bond donors (Lipinski definition) is 0. The number of methoxy groups -OCH3 is 2. The molecule has 0 amide bonds. The zero-order valence-corrected chi connectivity index (χ0v) is 15.4. The van der Waals surface area contributed by atoms with Crippen LogP contribution >= 0.6 is 0 Å². The lowest BCUT2D eigenvalue weighted by molar-refractivity contribution is 0.244. The number of hydrogen-bond acceptors (Lipinski definition) is 5. The third kappa shape index (κ3) is 4.71. The maximum absolute atomic E-state index is 14.4. The molecule has 0 spiro atoms. The predicted molar refractivity (Wildman–Crippen MR) is 98.9 cm³/mol. The molecule has 1 saturated heterocycles. The average Bonchev–Trinajstić information content (AvgIpc) is 2.89. The SMILES string of the molecule is COc1cc(F)c(CN2CCCN(Cc3cccnc3)CC2)cc1OC. The van der Waals surface area contributed by atoms with Gasteiger partial charge in [0.05, 0.1) is 14.2 Å². The first kappa shape index (κ1) is 18.6. The summed E-state index contributed by atoms with van der Waals surface area (Å²) in [7, 11) is 3.09. The normalized spacial score (nSPS) is 16.3. The van der Waals surface area contributed by atoms with Crippen molar-refractivity contribution in [2.45, 2.75) is 19.5 Å². The van der Waals surface area contributed by atoms with Crippen molar-refractivity contribution in [3.05, 3.63) is 53.6 Å². The monoisotopic (exact) mass is 359 g/mol. The molecule has 3 rings (SSSR count). The molecule has 26 heavy (non-hydrogen) atoms. The van der Waals surface area contributed by atoms with Crippen molar-refractivity contribution in [2.75, 3.05) is 40.4 Å². The highest BCUT2D eigenvalue weighted by atomic mass is 19.1. The second kappa shape index (κ2) is 8.96. The molecule has 0 N–H and O–H groups in total. The van der Waals surface area contributed by atoms with E-state index in [1.54, 1.807) is 19.4 Å². The molecule has 2 heterocycles. The molecule has 1 fully saturated rings. The van der Waals surface area contributed by atoms with Crippen LogP contribution in [0.15, 0.2) is 36.7 Å². The summed E-state index contributed by atoms with van der Waals surface area (Å²) in [5.74, 6) is 0.739. The van der Waals surface area contributed by atoms with E-state index in [2.05, 4.69) is 20.9 Å². The van der Waals surface area contributed by atoms with E-state index in [4.69, 9.17) is 9.47 Å². The summed E-state index contributed by atoms with van der Waals surface area (Å²) in [6.07, 6.45) is 4.78. The van der Waals surface area contributed by atoms with Crippen molar-refractivity contribution in [3.63, 3.8) is 0 Å². The Morgan fingerprint density at radius 2 is 1.69 bits per heavy atom. The first-order chi connectivity index (χ1) is 12.7. The van der Waals surface area contributed by atoms with Crippen LogP contribution in [-0.4, -0.2) is 55.2 Å². The molecule has 1 aliphatic heterocycles. The van der Waals surface area contributed by atoms with Crippen LogP contribution in [0, 0.1) is 5.82 Å². The lowest BCUT2D eigenvalue weighted by Crippen LogP contribution is -2.30. The van der Waals surface area contributed by atoms with Gasteiger partial charge in [0.1, 0.15) is 5.82 Å². The molecule has 140 valence electrons. The van der Waals surface area contributed by atoms with E-state index in [1.807, 2.05) is 12.3 Å². The minimum absolute atomic E-state index is 0.251. The lowest BCUT2D eigenvalue weighted by atomic mass is 10.1. The maximum atomic E-state index is 14.4. The highest BCUT2D eigenvalue weighted by molar-refractivity contribution is 5.43. The second-order valence-corrected chi connectivity index (χ2v) is 6.57. The number of pyridine rings is 1. The largest absolute Gasteiger partial charge is 0.493 e. The molecule has 0 aliphatic carbocycles. The molecule has 5 nitrogen and oxygen atoms in total. The van der Waals surface area contributed by atoms with Crippen molar-refractivity contribution >= 4 is 0 Å². The zero-order chi connectivity index (χ0) is 18.4. The third-order valence-electron chi connectivity index (χ3n) is 4.76. The van der Waals surface area contributed by atoms with Gasteiger partial charge in [0.2, 0.25) is 0 Å². The van der Waals surface area contributed by atoms with Gasteiger partial charge in [0, 0.05) is 50.2 Å². The molecule has 2 aromatic rings. The zero-order valence-electron chi connectivity index (χ0n) is 15.4. The summed E-state index contributed by atoms with van der Waals surface area (Å²) >= 11 is 0. The van der Waals surface area contributed by atoms with E-state index in [1.165, 1.54) is 18.7 Å². The minimum Gasteiger partial charge on any atom is -0.493 e. The van der Waals surface area contributed by atoms with Gasteiger partial charge in [0.25, 0.3) is 0 Å². The summed E-state index contributed by atoms with van der Waals surface area (Å²) in [6, 6.07) is 7.22. The van der Waals surface area contributed by atoms with Gasteiger partial charge < -0.3 is 9.47 Å². The van der Waals surface area contributed by atoms with Crippen LogP contribution in [-0.2, 0) is 13.1 Å². The molecule has 0 saturated carbocycles.